The molecule has 0 heterocycles. The molecule has 0 saturated carbocycles. The molecule has 0 saturated heterocycles. The minimum atomic E-state index is 1.09. The van der Waals surface area contributed by atoms with E-state index in [1.54, 1.807) is 0 Å². The van der Waals surface area contributed by atoms with E-state index < -0.39 is 0 Å². The van der Waals surface area contributed by atoms with Crippen molar-refractivity contribution in [1.82, 2.24) is 0 Å². The third-order valence-electron chi connectivity index (χ3n) is 2.18. The minimum absolute atomic E-state index is 1.09. The molecule has 2 rings (SSSR count). The van der Waals surface area contributed by atoms with Crippen LogP contribution in [0.4, 0.5) is 0 Å². The van der Waals surface area contributed by atoms with Crippen LogP contribution in [0.25, 0.3) is 0 Å². The topological polar surface area (TPSA) is 0 Å². The lowest BCUT2D eigenvalue weighted by molar-refractivity contribution is 1.15. The van der Waals surface area contributed by atoms with E-state index in [1.807, 2.05) is 0 Å². The second-order valence-electron chi connectivity index (χ2n) is 3.03. The van der Waals surface area contributed by atoms with Crippen LogP contribution in [0.5, 0.6) is 0 Å². The highest BCUT2D eigenvalue weighted by Gasteiger charge is 2.01. The van der Waals surface area contributed by atoms with Crippen molar-refractivity contribution in [2.24, 2.45) is 0 Å². The normalized spacial score (nSPS) is 26.7. The van der Waals surface area contributed by atoms with Gasteiger partial charge in [-0.1, -0.05) is 48.6 Å². The summed E-state index contributed by atoms with van der Waals surface area (Å²) < 4.78 is 0. The van der Waals surface area contributed by atoms with Crippen molar-refractivity contribution in [3.05, 3.63) is 59.8 Å². The van der Waals surface area contributed by atoms with Crippen molar-refractivity contribution in [2.45, 2.75) is 12.8 Å². The average molecular weight is 156 g/mol. The maximum atomic E-state index is 2.21. The van der Waals surface area contributed by atoms with Crippen molar-refractivity contribution >= 4 is 0 Å². The van der Waals surface area contributed by atoms with Gasteiger partial charge in [0, 0.05) is 0 Å². The van der Waals surface area contributed by atoms with Gasteiger partial charge in [-0.2, -0.15) is 0 Å². The summed E-state index contributed by atoms with van der Waals surface area (Å²) in [7, 11) is 0. The molecule has 0 nitrogen and oxygen atoms in total. The Morgan fingerprint density at radius 3 is 1.50 bits per heavy atom. The minimum Gasteiger partial charge on any atom is -0.0801 e. The summed E-state index contributed by atoms with van der Waals surface area (Å²) in [5.74, 6) is 0. The highest BCUT2D eigenvalue weighted by Crippen LogP contribution is 2.21. The molecular formula is C12H12. The number of hydrogen-bond acceptors (Lipinski definition) is 0. The van der Waals surface area contributed by atoms with Crippen LogP contribution in [-0.4, -0.2) is 0 Å². The van der Waals surface area contributed by atoms with Gasteiger partial charge in [0.1, 0.15) is 0 Å². The molecule has 12 heavy (non-hydrogen) atoms. The van der Waals surface area contributed by atoms with Crippen LogP contribution in [-0.2, 0) is 0 Å². The lowest BCUT2D eigenvalue weighted by Gasteiger charge is -2.09. The fraction of sp³-hybridized carbons (Fsp3) is 0.167. The fourth-order valence-corrected chi connectivity index (χ4v) is 1.50. The van der Waals surface area contributed by atoms with Gasteiger partial charge >= 0.3 is 0 Å². The van der Waals surface area contributed by atoms with Crippen LogP contribution in [0.2, 0.25) is 0 Å². The molecule has 2 aliphatic carbocycles. The molecule has 0 atom stereocenters. The Labute approximate surface area is 73.3 Å². The highest BCUT2D eigenvalue weighted by atomic mass is 14.1. The molecule has 0 spiro atoms. The van der Waals surface area contributed by atoms with Crippen molar-refractivity contribution in [2.75, 3.05) is 0 Å². The molecule has 0 fully saturated rings. The van der Waals surface area contributed by atoms with Gasteiger partial charge in [-0.3, -0.25) is 0 Å². The van der Waals surface area contributed by atoms with Crippen molar-refractivity contribution in [3.8, 4) is 0 Å². The molecule has 0 heteroatoms. The van der Waals surface area contributed by atoms with Crippen LogP contribution in [0.3, 0.4) is 0 Å². The molecule has 0 aliphatic heterocycles. The van der Waals surface area contributed by atoms with E-state index in [9.17, 15) is 0 Å². The van der Waals surface area contributed by atoms with Gasteiger partial charge in [-0.15, -0.1) is 0 Å². The van der Waals surface area contributed by atoms with Crippen LogP contribution < -0.4 is 0 Å². The third-order valence-corrected chi connectivity index (χ3v) is 2.18. The predicted molar refractivity (Wildman–Crippen MR) is 52.8 cm³/mol. The van der Waals surface area contributed by atoms with Crippen molar-refractivity contribution < 1.29 is 0 Å². The van der Waals surface area contributed by atoms with Crippen molar-refractivity contribution in [1.29, 1.82) is 0 Å². The number of hydrogen-bond donors (Lipinski definition) is 0. The molecule has 0 radical (unpaired) electrons. The first-order chi connectivity index (χ1) is 5.97. The summed E-state index contributed by atoms with van der Waals surface area (Å²) in [5, 5.41) is 0. The predicted octanol–water partition coefficient (Wildman–Crippen LogP) is 3.32. The lowest BCUT2D eigenvalue weighted by Crippen LogP contribution is -1.89. The summed E-state index contributed by atoms with van der Waals surface area (Å²) in [6, 6.07) is 0. The van der Waals surface area contributed by atoms with Gasteiger partial charge in [-0.05, 0) is 24.0 Å². The zero-order valence-corrected chi connectivity index (χ0v) is 7.03. The van der Waals surface area contributed by atoms with Gasteiger partial charge in [0.05, 0.1) is 0 Å². The Morgan fingerprint density at radius 1 is 0.667 bits per heavy atom. The van der Waals surface area contributed by atoms with E-state index in [-0.39, 0.29) is 0 Å². The first kappa shape index (κ1) is 7.35. The maximum absolute atomic E-state index is 2.21. The second-order valence-corrected chi connectivity index (χ2v) is 3.03. The van der Waals surface area contributed by atoms with Crippen LogP contribution in [0, 0.1) is 0 Å². The molecule has 0 unspecified atom stereocenters. The smallest absolute Gasteiger partial charge is 0.00915 e. The first-order valence-corrected chi connectivity index (χ1v) is 4.35. The quantitative estimate of drug-likeness (QED) is 0.504. The Bertz CT molecular complexity index is 277. The fourth-order valence-electron chi connectivity index (χ4n) is 1.50. The van der Waals surface area contributed by atoms with Crippen LogP contribution in [0.15, 0.2) is 59.8 Å². The molecule has 0 aromatic rings. The van der Waals surface area contributed by atoms with E-state index in [0.717, 1.165) is 12.8 Å². The van der Waals surface area contributed by atoms with Gasteiger partial charge in [0.15, 0.2) is 0 Å². The average Bonchev–Trinajstić information content (AvgIpc) is 2.21. The zero-order valence-electron chi connectivity index (χ0n) is 7.03. The lowest BCUT2D eigenvalue weighted by atomic mass is 9.96. The summed E-state index contributed by atoms with van der Waals surface area (Å²) >= 11 is 0. The molecule has 0 N–H and O–H groups in total. The monoisotopic (exact) mass is 156 g/mol. The number of allylic oxidation sites excluding steroid dienone is 10. The van der Waals surface area contributed by atoms with E-state index in [2.05, 4.69) is 48.6 Å². The number of rotatable bonds is 0. The summed E-state index contributed by atoms with van der Waals surface area (Å²) in [5.41, 5.74) is 2.91. The Morgan fingerprint density at radius 2 is 1.17 bits per heavy atom. The van der Waals surface area contributed by atoms with Gasteiger partial charge in [0.25, 0.3) is 0 Å². The summed E-state index contributed by atoms with van der Waals surface area (Å²) in [4.78, 5) is 0. The Balaban J connectivity index is 2.25. The Kier molecular flexibility index (Phi) is 2.08. The Hall–Kier alpha value is -1.30. The second kappa shape index (κ2) is 3.40. The van der Waals surface area contributed by atoms with Crippen LogP contribution in [0.1, 0.15) is 12.8 Å². The summed E-state index contributed by atoms with van der Waals surface area (Å²) in [6.45, 7) is 0. The van der Waals surface area contributed by atoms with Gasteiger partial charge in [-0.25, -0.2) is 0 Å². The molecule has 2 aliphatic rings. The standard InChI is InChI=1S/C12H12/c1-3-7-11(8-4-1)12-9-5-2-6-10-12/h1-7,9H,8,10H2/b12-11-. The molecule has 0 aromatic carbocycles. The van der Waals surface area contributed by atoms with Gasteiger partial charge < -0.3 is 0 Å². The first-order valence-electron chi connectivity index (χ1n) is 4.35. The molecule has 60 valence electrons. The summed E-state index contributed by atoms with van der Waals surface area (Å²) in [6.07, 6.45) is 19.4. The van der Waals surface area contributed by atoms with E-state index in [0.29, 0.717) is 0 Å². The molecule has 0 aromatic heterocycles. The highest BCUT2D eigenvalue weighted by molar-refractivity contribution is 5.42. The SMILES string of the molecule is C1=CC/C(=C2/C=CC=CC2)C=C1. The van der Waals surface area contributed by atoms with Crippen molar-refractivity contribution in [3.63, 3.8) is 0 Å². The van der Waals surface area contributed by atoms with Crippen LogP contribution >= 0.6 is 0 Å². The van der Waals surface area contributed by atoms with E-state index in [1.165, 1.54) is 11.1 Å². The third kappa shape index (κ3) is 1.48. The molecular weight excluding hydrogens is 144 g/mol. The zero-order chi connectivity index (χ0) is 8.23. The molecule has 0 bridgehead atoms. The molecule has 0 amide bonds. The van der Waals surface area contributed by atoms with E-state index >= 15 is 0 Å². The maximum Gasteiger partial charge on any atom is -0.00915 e. The van der Waals surface area contributed by atoms with E-state index in [4.69, 9.17) is 0 Å². The largest absolute Gasteiger partial charge is 0.0801 e. The van der Waals surface area contributed by atoms with Gasteiger partial charge in [0.2, 0.25) is 0 Å².